The van der Waals surface area contributed by atoms with E-state index in [9.17, 15) is 4.79 Å². The summed E-state index contributed by atoms with van der Waals surface area (Å²) in [5.41, 5.74) is 0.945. The number of hydrogen-bond acceptors (Lipinski definition) is 4. The second kappa shape index (κ2) is 7.47. The third-order valence-electron chi connectivity index (χ3n) is 5.60. The minimum atomic E-state index is -0.0365. The lowest BCUT2D eigenvalue weighted by Crippen LogP contribution is -2.66. The smallest absolute Gasteiger partial charge is 0.317 e. The Morgan fingerprint density at radius 3 is 2.83 bits per heavy atom. The molecule has 24 heavy (non-hydrogen) atoms. The number of ether oxygens (including phenoxy) is 1. The molecule has 2 fully saturated rings. The van der Waals surface area contributed by atoms with Gasteiger partial charge in [0.25, 0.3) is 0 Å². The molecule has 2 saturated carbocycles. The van der Waals surface area contributed by atoms with Crippen molar-refractivity contribution in [2.24, 2.45) is 5.41 Å². The highest BCUT2D eigenvalue weighted by atomic mass is 16.5. The molecule has 2 amide bonds. The van der Waals surface area contributed by atoms with Crippen LogP contribution in [0.15, 0.2) is 18.6 Å². The third-order valence-corrected chi connectivity index (χ3v) is 5.60. The molecule has 1 spiro atoms. The summed E-state index contributed by atoms with van der Waals surface area (Å²) >= 11 is 0. The number of rotatable bonds is 5. The standard InChI is InChI=1S/C18H28N4O2/c1-3-24-16-11-15(18(16)7-5-4-6-8-18)21-17(23)22(2)13-14-12-19-9-10-20-14/h9-10,12,15-16H,3-8,11,13H2,1-2H3,(H,21,23)/t15-,16+/m1/s1. The Kier molecular flexibility index (Phi) is 5.33. The average molecular weight is 332 g/mol. The largest absolute Gasteiger partial charge is 0.378 e. The number of nitrogens with zero attached hydrogens (tertiary/aromatic N) is 3. The summed E-state index contributed by atoms with van der Waals surface area (Å²) in [4.78, 5) is 22.5. The second-order valence-corrected chi connectivity index (χ2v) is 7.03. The zero-order valence-corrected chi connectivity index (χ0v) is 14.7. The molecule has 1 heterocycles. The number of carbonyl (C=O) groups excluding carboxylic acids is 1. The normalized spacial score (nSPS) is 25.1. The lowest BCUT2D eigenvalue weighted by atomic mass is 9.55. The van der Waals surface area contributed by atoms with Crippen LogP contribution in [0.1, 0.15) is 51.1 Å². The van der Waals surface area contributed by atoms with Crippen LogP contribution in [0.3, 0.4) is 0 Å². The van der Waals surface area contributed by atoms with Crippen molar-refractivity contribution in [3.63, 3.8) is 0 Å². The minimum Gasteiger partial charge on any atom is -0.378 e. The van der Waals surface area contributed by atoms with Crippen molar-refractivity contribution in [3.8, 4) is 0 Å². The van der Waals surface area contributed by atoms with E-state index < -0.39 is 0 Å². The van der Waals surface area contributed by atoms with Gasteiger partial charge in [-0.15, -0.1) is 0 Å². The van der Waals surface area contributed by atoms with Crippen molar-refractivity contribution in [1.82, 2.24) is 20.2 Å². The van der Waals surface area contributed by atoms with Crippen LogP contribution >= 0.6 is 0 Å². The van der Waals surface area contributed by atoms with Gasteiger partial charge >= 0.3 is 6.03 Å². The molecule has 2 atom stereocenters. The van der Waals surface area contributed by atoms with Crippen LogP contribution in [0.25, 0.3) is 0 Å². The summed E-state index contributed by atoms with van der Waals surface area (Å²) in [7, 11) is 1.80. The van der Waals surface area contributed by atoms with Crippen molar-refractivity contribution in [1.29, 1.82) is 0 Å². The lowest BCUT2D eigenvalue weighted by Gasteiger charge is -2.57. The molecule has 0 saturated heterocycles. The van der Waals surface area contributed by atoms with Crippen LogP contribution in [0.2, 0.25) is 0 Å². The van der Waals surface area contributed by atoms with Crippen molar-refractivity contribution >= 4 is 6.03 Å². The molecule has 0 radical (unpaired) electrons. The monoisotopic (exact) mass is 332 g/mol. The van der Waals surface area contributed by atoms with Gasteiger partial charge in [-0.05, 0) is 26.2 Å². The summed E-state index contributed by atoms with van der Waals surface area (Å²) in [6, 6.07) is 0.191. The molecule has 1 aromatic heterocycles. The van der Waals surface area contributed by atoms with Gasteiger partial charge in [0.2, 0.25) is 0 Å². The van der Waals surface area contributed by atoms with E-state index in [0.717, 1.165) is 31.6 Å². The molecular formula is C18H28N4O2. The lowest BCUT2D eigenvalue weighted by molar-refractivity contribution is -0.147. The number of urea groups is 1. The Morgan fingerprint density at radius 1 is 1.38 bits per heavy atom. The number of hydrogen-bond donors (Lipinski definition) is 1. The highest BCUT2D eigenvalue weighted by Gasteiger charge is 2.56. The molecule has 0 unspecified atom stereocenters. The predicted molar refractivity (Wildman–Crippen MR) is 91.4 cm³/mol. The summed E-state index contributed by atoms with van der Waals surface area (Å²) in [5.74, 6) is 0. The van der Waals surface area contributed by atoms with E-state index in [-0.39, 0.29) is 17.5 Å². The Bertz CT molecular complexity index is 545. The van der Waals surface area contributed by atoms with E-state index in [2.05, 4.69) is 22.2 Å². The minimum absolute atomic E-state index is 0.0365. The van der Waals surface area contributed by atoms with Crippen LogP contribution in [0.4, 0.5) is 4.79 Å². The van der Waals surface area contributed by atoms with Crippen LogP contribution in [-0.2, 0) is 11.3 Å². The molecule has 6 heteroatoms. The second-order valence-electron chi connectivity index (χ2n) is 7.03. The fourth-order valence-corrected chi connectivity index (χ4v) is 4.25. The first kappa shape index (κ1) is 17.1. The maximum Gasteiger partial charge on any atom is 0.317 e. The summed E-state index contributed by atoms with van der Waals surface area (Å²) in [5, 5.41) is 3.24. The Morgan fingerprint density at radius 2 is 2.17 bits per heavy atom. The summed E-state index contributed by atoms with van der Waals surface area (Å²) in [6.07, 6.45) is 12.3. The molecule has 2 aliphatic carbocycles. The van der Waals surface area contributed by atoms with Gasteiger partial charge < -0.3 is 15.0 Å². The molecule has 1 N–H and O–H groups in total. The summed E-state index contributed by atoms with van der Waals surface area (Å²) in [6.45, 7) is 3.27. The van der Waals surface area contributed by atoms with Crippen molar-refractivity contribution in [2.75, 3.05) is 13.7 Å². The van der Waals surface area contributed by atoms with Crippen molar-refractivity contribution in [3.05, 3.63) is 24.3 Å². The van der Waals surface area contributed by atoms with Gasteiger partial charge in [0, 0.05) is 37.5 Å². The van der Waals surface area contributed by atoms with Crippen LogP contribution < -0.4 is 5.32 Å². The fourth-order valence-electron chi connectivity index (χ4n) is 4.25. The fraction of sp³-hybridized carbons (Fsp3) is 0.722. The average Bonchev–Trinajstić information content (AvgIpc) is 2.62. The molecule has 0 aliphatic heterocycles. The van der Waals surface area contributed by atoms with Crippen molar-refractivity contribution < 1.29 is 9.53 Å². The Balaban J connectivity index is 1.59. The number of nitrogens with one attached hydrogen (secondary N) is 1. The molecule has 1 aromatic rings. The highest BCUT2D eigenvalue weighted by molar-refractivity contribution is 5.74. The van der Waals surface area contributed by atoms with Gasteiger partial charge in [-0.1, -0.05) is 19.3 Å². The zero-order chi connectivity index (χ0) is 17.0. The summed E-state index contributed by atoms with van der Waals surface area (Å²) < 4.78 is 5.96. The van der Waals surface area contributed by atoms with E-state index >= 15 is 0 Å². The highest BCUT2D eigenvalue weighted by Crippen LogP contribution is 2.53. The molecular weight excluding hydrogens is 304 g/mol. The first-order chi connectivity index (χ1) is 11.7. The Hall–Kier alpha value is -1.69. The van der Waals surface area contributed by atoms with Crippen molar-refractivity contribution in [2.45, 2.75) is 64.1 Å². The first-order valence-electron chi connectivity index (χ1n) is 9.04. The van der Waals surface area contributed by atoms with Crippen LogP contribution in [0, 0.1) is 5.41 Å². The van der Waals surface area contributed by atoms with E-state index in [0.29, 0.717) is 12.6 Å². The topological polar surface area (TPSA) is 67.3 Å². The van der Waals surface area contributed by atoms with Crippen LogP contribution in [0.5, 0.6) is 0 Å². The van der Waals surface area contributed by atoms with Gasteiger partial charge in [-0.2, -0.15) is 0 Å². The van der Waals surface area contributed by atoms with Gasteiger partial charge in [0.1, 0.15) is 0 Å². The van der Waals surface area contributed by atoms with Gasteiger partial charge in [-0.3, -0.25) is 9.97 Å². The Labute approximate surface area is 144 Å². The molecule has 6 nitrogen and oxygen atoms in total. The van der Waals surface area contributed by atoms with Crippen LogP contribution in [-0.4, -0.2) is 46.7 Å². The maximum atomic E-state index is 12.6. The van der Waals surface area contributed by atoms with E-state index in [1.54, 1.807) is 30.5 Å². The van der Waals surface area contributed by atoms with Gasteiger partial charge in [-0.25, -0.2) is 4.79 Å². The number of carbonyl (C=O) groups is 1. The predicted octanol–water partition coefficient (Wildman–Crippen LogP) is 2.75. The SMILES string of the molecule is CCO[C@H]1C[C@@H](NC(=O)N(C)Cc2cnccn2)C12CCCCC2. The first-order valence-corrected chi connectivity index (χ1v) is 9.04. The maximum absolute atomic E-state index is 12.6. The number of amides is 2. The molecule has 0 aromatic carbocycles. The molecule has 2 aliphatic rings. The van der Waals surface area contributed by atoms with E-state index in [1.165, 1.54) is 19.3 Å². The number of aromatic nitrogens is 2. The zero-order valence-electron chi connectivity index (χ0n) is 14.7. The van der Waals surface area contributed by atoms with E-state index in [1.807, 2.05) is 0 Å². The molecule has 132 valence electrons. The van der Waals surface area contributed by atoms with Gasteiger partial charge in [0.05, 0.1) is 24.5 Å². The van der Waals surface area contributed by atoms with Gasteiger partial charge in [0.15, 0.2) is 0 Å². The quantitative estimate of drug-likeness (QED) is 0.900. The van der Waals surface area contributed by atoms with E-state index in [4.69, 9.17) is 4.74 Å². The molecule has 3 rings (SSSR count). The molecule has 0 bridgehead atoms. The third kappa shape index (κ3) is 3.38.